The number of nitrogens with one attached hydrogen (secondary N) is 1. The highest BCUT2D eigenvalue weighted by atomic mass is 16.1. The van der Waals surface area contributed by atoms with Gasteiger partial charge in [0.1, 0.15) is 5.65 Å². The summed E-state index contributed by atoms with van der Waals surface area (Å²) in [7, 11) is 0. The highest BCUT2D eigenvalue weighted by Crippen LogP contribution is 2.05. The third-order valence-electron chi connectivity index (χ3n) is 3.48. The van der Waals surface area contributed by atoms with Crippen molar-refractivity contribution >= 4 is 11.6 Å². The van der Waals surface area contributed by atoms with Crippen LogP contribution in [0.15, 0.2) is 30.6 Å². The molecule has 5 heteroatoms. The summed E-state index contributed by atoms with van der Waals surface area (Å²) in [6, 6.07) is 5.92. The van der Waals surface area contributed by atoms with Crippen molar-refractivity contribution in [2.75, 3.05) is 13.1 Å². The molecule has 0 radical (unpaired) electrons. The number of imidazole rings is 1. The molecule has 0 saturated carbocycles. The highest BCUT2D eigenvalue weighted by molar-refractivity contribution is 5.75. The van der Waals surface area contributed by atoms with Crippen molar-refractivity contribution in [1.82, 2.24) is 14.7 Å². The Balaban J connectivity index is 1.63. The molecule has 0 aliphatic heterocycles. The number of fused-ring (bicyclic) bond motifs is 1. The molecule has 2 aromatic heterocycles. The number of amides is 1. The van der Waals surface area contributed by atoms with Gasteiger partial charge in [-0.05, 0) is 31.5 Å². The number of carbonyl (C=O) groups excluding carboxylic acids is 1. The van der Waals surface area contributed by atoms with E-state index in [9.17, 15) is 4.79 Å². The van der Waals surface area contributed by atoms with E-state index in [2.05, 4.69) is 10.3 Å². The first-order valence-electron chi connectivity index (χ1n) is 7.69. The second kappa shape index (κ2) is 8.42. The van der Waals surface area contributed by atoms with Crippen molar-refractivity contribution in [3.63, 3.8) is 0 Å². The van der Waals surface area contributed by atoms with E-state index in [0.29, 0.717) is 13.0 Å². The summed E-state index contributed by atoms with van der Waals surface area (Å²) in [5.41, 5.74) is 7.38. The quantitative estimate of drug-likeness (QED) is 0.692. The molecule has 0 spiro atoms. The van der Waals surface area contributed by atoms with Crippen LogP contribution >= 0.6 is 0 Å². The van der Waals surface area contributed by atoms with E-state index in [0.717, 1.165) is 50.0 Å². The third-order valence-corrected chi connectivity index (χ3v) is 3.48. The molecule has 114 valence electrons. The first-order valence-corrected chi connectivity index (χ1v) is 7.69. The Morgan fingerprint density at radius 1 is 1.24 bits per heavy atom. The van der Waals surface area contributed by atoms with Gasteiger partial charge in [0.25, 0.3) is 0 Å². The van der Waals surface area contributed by atoms with E-state index < -0.39 is 0 Å². The van der Waals surface area contributed by atoms with Gasteiger partial charge in [0.2, 0.25) is 5.91 Å². The monoisotopic (exact) mass is 288 g/mol. The molecule has 0 aromatic carbocycles. The zero-order chi connectivity index (χ0) is 14.9. The highest BCUT2D eigenvalue weighted by Gasteiger charge is 2.03. The number of nitrogens with two attached hydrogens (primary N) is 1. The van der Waals surface area contributed by atoms with Crippen LogP contribution in [0.25, 0.3) is 5.65 Å². The van der Waals surface area contributed by atoms with Crippen molar-refractivity contribution in [2.24, 2.45) is 5.73 Å². The maximum absolute atomic E-state index is 11.7. The van der Waals surface area contributed by atoms with Crippen molar-refractivity contribution in [3.8, 4) is 0 Å². The zero-order valence-corrected chi connectivity index (χ0v) is 12.4. The molecule has 0 aliphatic rings. The number of aromatic nitrogens is 2. The van der Waals surface area contributed by atoms with E-state index >= 15 is 0 Å². The summed E-state index contributed by atoms with van der Waals surface area (Å²) in [5.74, 6) is 0.131. The van der Waals surface area contributed by atoms with Gasteiger partial charge in [-0.1, -0.05) is 18.9 Å². The molecule has 5 nitrogen and oxygen atoms in total. The molecule has 2 heterocycles. The molecular formula is C16H24N4O. The first-order chi connectivity index (χ1) is 10.3. The van der Waals surface area contributed by atoms with Gasteiger partial charge in [-0.15, -0.1) is 0 Å². The number of rotatable bonds is 9. The summed E-state index contributed by atoms with van der Waals surface area (Å²) in [4.78, 5) is 16.2. The van der Waals surface area contributed by atoms with Crippen LogP contribution in [-0.4, -0.2) is 28.4 Å². The molecule has 1 amide bonds. The topological polar surface area (TPSA) is 72.4 Å². The number of carbonyl (C=O) groups is 1. The molecular weight excluding hydrogens is 264 g/mol. The van der Waals surface area contributed by atoms with E-state index in [1.807, 2.05) is 35.0 Å². The predicted octanol–water partition coefficient (Wildman–Crippen LogP) is 1.90. The number of hydrogen-bond acceptors (Lipinski definition) is 3. The van der Waals surface area contributed by atoms with Gasteiger partial charge in [0.15, 0.2) is 0 Å². The summed E-state index contributed by atoms with van der Waals surface area (Å²) in [6.07, 6.45) is 9.55. The normalized spacial score (nSPS) is 10.9. The van der Waals surface area contributed by atoms with Crippen molar-refractivity contribution in [1.29, 1.82) is 0 Å². The van der Waals surface area contributed by atoms with Gasteiger partial charge in [0.05, 0.1) is 5.69 Å². The Bertz CT molecular complexity index is 531. The van der Waals surface area contributed by atoms with Crippen molar-refractivity contribution in [3.05, 3.63) is 36.3 Å². The fourth-order valence-corrected chi connectivity index (χ4v) is 2.31. The Morgan fingerprint density at radius 2 is 2.10 bits per heavy atom. The fraction of sp³-hybridized carbons (Fsp3) is 0.500. The Morgan fingerprint density at radius 3 is 2.90 bits per heavy atom. The van der Waals surface area contributed by atoms with E-state index in [1.165, 1.54) is 0 Å². The van der Waals surface area contributed by atoms with E-state index in [-0.39, 0.29) is 5.91 Å². The van der Waals surface area contributed by atoms with Crippen molar-refractivity contribution < 1.29 is 4.79 Å². The van der Waals surface area contributed by atoms with Crippen LogP contribution in [0.3, 0.4) is 0 Å². The number of pyridine rings is 1. The van der Waals surface area contributed by atoms with Crippen LogP contribution in [0.1, 0.15) is 37.8 Å². The minimum atomic E-state index is 0.131. The molecule has 0 aliphatic carbocycles. The maximum Gasteiger partial charge on any atom is 0.220 e. The molecule has 2 aromatic rings. The molecule has 0 atom stereocenters. The Labute approximate surface area is 125 Å². The number of hydrogen-bond donors (Lipinski definition) is 2. The summed E-state index contributed by atoms with van der Waals surface area (Å²) in [5, 5.41) is 2.95. The molecule has 0 bridgehead atoms. The average Bonchev–Trinajstić information content (AvgIpc) is 2.89. The first kappa shape index (κ1) is 15.5. The summed E-state index contributed by atoms with van der Waals surface area (Å²) >= 11 is 0. The molecule has 0 fully saturated rings. The number of nitrogens with zero attached hydrogens (tertiary/aromatic N) is 2. The van der Waals surface area contributed by atoms with Crippen LogP contribution in [0.4, 0.5) is 0 Å². The molecule has 0 saturated heterocycles. The lowest BCUT2D eigenvalue weighted by Crippen LogP contribution is -2.25. The van der Waals surface area contributed by atoms with Crippen LogP contribution in [-0.2, 0) is 11.2 Å². The summed E-state index contributed by atoms with van der Waals surface area (Å²) < 4.78 is 1.99. The van der Waals surface area contributed by atoms with Crippen LogP contribution < -0.4 is 11.1 Å². The van der Waals surface area contributed by atoms with Gasteiger partial charge in [-0.2, -0.15) is 0 Å². The van der Waals surface area contributed by atoms with Gasteiger partial charge in [-0.3, -0.25) is 4.79 Å². The number of unbranched alkanes of at least 4 members (excludes halogenated alkanes) is 3. The van der Waals surface area contributed by atoms with E-state index in [4.69, 9.17) is 5.73 Å². The van der Waals surface area contributed by atoms with Gasteiger partial charge >= 0.3 is 0 Å². The van der Waals surface area contributed by atoms with E-state index in [1.54, 1.807) is 0 Å². The molecule has 2 rings (SSSR count). The van der Waals surface area contributed by atoms with Gasteiger partial charge < -0.3 is 15.5 Å². The van der Waals surface area contributed by atoms with Gasteiger partial charge in [-0.25, -0.2) is 4.98 Å². The lowest BCUT2D eigenvalue weighted by Gasteiger charge is -2.03. The third kappa shape index (κ3) is 5.19. The Kier molecular flexibility index (Phi) is 6.22. The maximum atomic E-state index is 11.7. The SMILES string of the molecule is NCCCCCCC(=O)NCCc1cn2ccccc2n1. The zero-order valence-electron chi connectivity index (χ0n) is 12.4. The molecule has 3 N–H and O–H groups in total. The van der Waals surface area contributed by atoms with Crippen molar-refractivity contribution in [2.45, 2.75) is 38.5 Å². The fourth-order valence-electron chi connectivity index (χ4n) is 2.31. The lowest BCUT2D eigenvalue weighted by atomic mass is 10.1. The smallest absolute Gasteiger partial charge is 0.220 e. The lowest BCUT2D eigenvalue weighted by molar-refractivity contribution is -0.121. The largest absolute Gasteiger partial charge is 0.356 e. The second-order valence-electron chi connectivity index (χ2n) is 5.25. The standard InChI is InChI=1S/C16H24N4O/c17-10-5-2-1-3-8-16(21)18-11-9-14-13-20-12-6-4-7-15(20)19-14/h4,6-7,12-13H,1-3,5,8-11,17H2,(H,18,21). The molecule has 0 unspecified atom stereocenters. The minimum absolute atomic E-state index is 0.131. The molecule has 21 heavy (non-hydrogen) atoms. The van der Waals surface area contributed by atoms with Gasteiger partial charge in [0, 0.05) is 31.8 Å². The van der Waals surface area contributed by atoms with Crippen LogP contribution in [0.5, 0.6) is 0 Å². The van der Waals surface area contributed by atoms with Crippen LogP contribution in [0, 0.1) is 0 Å². The average molecular weight is 288 g/mol. The minimum Gasteiger partial charge on any atom is -0.356 e. The Hall–Kier alpha value is -1.88. The summed E-state index contributed by atoms with van der Waals surface area (Å²) in [6.45, 7) is 1.39. The predicted molar refractivity (Wildman–Crippen MR) is 84.0 cm³/mol. The second-order valence-corrected chi connectivity index (χ2v) is 5.25. The van der Waals surface area contributed by atoms with Crippen LogP contribution in [0.2, 0.25) is 0 Å².